The number of benzene rings is 1. The Hall–Kier alpha value is -2.68. The normalized spacial score (nSPS) is 30.6. The minimum absolute atomic E-state index is 0.0931. The third-order valence-electron chi connectivity index (χ3n) is 8.95. The van der Waals surface area contributed by atoms with E-state index in [2.05, 4.69) is 14.4 Å². The van der Waals surface area contributed by atoms with Gasteiger partial charge in [0.05, 0.1) is 11.8 Å². The molecule has 5 atom stereocenters. The first-order chi connectivity index (χ1) is 18.9. The number of carbonyl (C=O) groups excluding carboxylic acids is 2. The molecule has 2 saturated carbocycles. The van der Waals surface area contributed by atoms with E-state index >= 15 is 0 Å². The van der Waals surface area contributed by atoms with Crippen molar-refractivity contribution < 1.29 is 30.8 Å². The monoisotopic (exact) mass is 608 g/mol. The van der Waals surface area contributed by atoms with Gasteiger partial charge in [0.15, 0.2) is 11.7 Å². The van der Waals surface area contributed by atoms with Crippen LogP contribution in [-0.4, -0.2) is 51.1 Å². The summed E-state index contributed by atoms with van der Waals surface area (Å²) in [5.74, 6) is -3.08. The first kappa shape index (κ1) is 27.5. The molecular formula is C26H29FN4O6S3. The number of sulfonamides is 2. The maximum absolute atomic E-state index is 14.3. The fourth-order valence-corrected chi connectivity index (χ4v) is 10.5. The summed E-state index contributed by atoms with van der Waals surface area (Å²) in [4.78, 5) is 30.0. The molecule has 3 heterocycles. The Bertz CT molecular complexity index is 1650. The number of amides is 1. The quantitative estimate of drug-likeness (QED) is 0.461. The standard InChI is InChI=1S/C26H29FN4O6S3/c1-3-26-17-7-6-15(10-17)20(26)21(32)19(25(33)31(26)12-14-4-8-18(27)9-5-14)23-29-24-22(40(36,37)30-23)16(13-38-24)11-28-39(2,34)35/h4-5,8-9,13,15,17,19-20,28H,3,6-7,10-12H2,1-2H3,(H,29,30). The summed E-state index contributed by atoms with van der Waals surface area (Å²) >= 11 is 1.04. The second kappa shape index (κ2) is 9.43. The lowest BCUT2D eigenvalue weighted by Gasteiger charge is -2.55. The molecule has 40 heavy (non-hydrogen) atoms. The van der Waals surface area contributed by atoms with Crippen LogP contribution in [0, 0.1) is 29.5 Å². The molecule has 1 aromatic carbocycles. The topological polar surface area (TPSA) is 142 Å². The van der Waals surface area contributed by atoms with E-state index in [0.717, 1.165) is 36.9 Å². The molecule has 5 unspecified atom stereocenters. The van der Waals surface area contributed by atoms with Gasteiger partial charge in [-0.15, -0.1) is 15.7 Å². The van der Waals surface area contributed by atoms with Gasteiger partial charge < -0.3 is 10.2 Å². The molecule has 0 spiro atoms. The van der Waals surface area contributed by atoms with E-state index in [1.54, 1.807) is 17.0 Å². The van der Waals surface area contributed by atoms with Crippen LogP contribution in [0.2, 0.25) is 0 Å². The number of anilines is 1. The smallest absolute Gasteiger partial charge is 0.287 e. The Morgan fingerprint density at radius 2 is 1.95 bits per heavy atom. The number of likely N-dealkylation sites (tertiary alicyclic amines) is 1. The number of halogens is 1. The van der Waals surface area contributed by atoms with Crippen LogP contribution in [0.3, 0.4) is 0 Å². The highest BCUT2D eigenvalue weighted by molar-refractivity contribution is 7.91. The van der Waals surface area contributed by atoms with E-state index in [4.69, 9.17) is 0 Å². The number of Topliss-reactive ketones (excluding diaryl/α,β-unsaturated/α-hetero) is 1. The van der Waals surface area contributed by atoms with Crippen LogP contribution in [0.1, 0.15) is 43.7 Å². The summed E-state index contributed by atoms with van der Waals surface area (Å²) in [6.45, 7) is 1.91. The molecule has 4 aliphatic rings. The third kappa shape index (κ3) is 4.22. The fourth-order valence-electron chi connectivity index (χ4n) is 7.43. The second-order valence-corrected chi connectivity index (χ2v) is 15.3. The highest BCUT2D eigenvalue weighted by Crippen LogP contribution is 2.61. The van der Waals surface area contributed by atoms with Crippen molar-refractivity contribution in [3.8, 4) is 0 Å². The molecule has 1 saturated heterocycles. The molecule has 2 aliphatic heterocycles. The van der Waals surface area contributed by atoms with Crippen molar-refractivity contribution in [3.05, 3.63) is 46.6 Å². The lowest BCUT2D eigenvalue weighted by Crippen LogP contribution is -2.68. The van der Waals surface area contributed by atoms with Crippen molar-refractivity contribution in [2.45, 2.75) is 56.1 Å². The molecule has 0 radical (unpaired) electrons. The lowest BCUT2D eigenvalue weighted by atomic mass is 9.63. The van der Waals surface area contributed by atoms with E-state index in [0.29, 0.717) is 12.0 Å². The second-order valence-electron chi connectivity index (χ2n) is 11.1. The fraction of sp³-hybridized carbons (Fsp3) is 0.500. The highest BCUT2D eigenvalue weighted by atomic mass is 32.2. The molecule has 2 aliphatic carbocycles. The minimum atomic E-state index is -4.34. The zero-order valence-corrected chi connectivity index (χ0v) is 24.3. The number of hydrogen-bond acceptors (Lipinski definition) is 8. The molecule has 10 nitrogen and oxygen atoms in total. The van der Waals surface area contributed by atoms with E-state index in [1.165, 1.54) is 17.5 Å². The molecule has 2 aromatic rings. The third-order valence-corrected chi connectivity index (χ3v) is 12.1. The molecular weight excluding hydrogens is 580 g/mol. The molecule has 3 fully saturated rings. The Balaban J connectivity index is 1.40. The van der Waals surface area contributed by atoms with Crippen LogP contribution < -0.4 is 10.0 Å². The number of carbonyl (C=O) groups is 2. The Morgan fingerprint density at radius 3 is 2.62 bits per heavy atom. The van der Waals surface area contributed by atoms with Crippen LogP contribution in [0.5, 0.6) is 0 Å². The molecule has 214 valence electrons. The summed E-state index contributed by atoms with van der Waals surface area (Å²) in [6.07, 6.45) is 4.16. The van der Waals surface area contributed by atoms with Crippen molar-refractivity contribution in [2.75, 3.05) is 11.6 Å². The van der Waals surface area contributed by atoms with Crippen molar-refractivity contribution in [3.63, 3.8) is 0 Å². The van der Waals surface area contributed by atoms with Gasteiger partial charge in [-0.1, -0.05) is 19.1 Å². The molecule has 1 aromatic heterocycles. The first-order valence-corrected chi connectivity index (χ1v) is 17.3. The summed E-state index contributed by atoms with van der Waals surface area (Å²) in [6, 6.07) is 5.89. The van der Waals surface area contributed by atoms with Gasteiger partial charge in [-0.3, -0.25) is 9.59 Å². The number of thiophene rings is 1. The van der Waals surface area contributed by atoms with Crippen molar-refractivity contribution in [2.24, 2.45) is 28.1 Å². The van der Waals surface area contributed by atoms with Gasteiger partial charge in [0.2, 0.25) is 15.9 Å². The van der Waals surface area contributed by atoms with Gasteiger partial charge >= 0.3 is 0 Å². The number of nitrogens with one attached hydrogen (secondary N) is 2. The number of ketones is 1. The van der Waals surface area contributed by atoms with Crippen LogP contribution in [0.15, 0.2) is 38.9 Å². The van der Waals surface area contributed by atoms with Gasteiger partial charge in [0.25, 0.3) is 10.0 Å². The van der Waals surface area contributed by atoms with Gasteiger partial charge in [-0.05, 0) is 60.6 Å². The molecule has 2 N–H and O–H groups in total. The van der Waals surface area contributed by atoms with E-state index < -0.39 is 49.1 Å². The van der Waals surface area contributed by atoms with Crippen LogP contribution >= 0.6 is 11.3 Å². The number of nitrogens with zero attached hydrogens (tertiary/aromatic N) is 2. The van der Waals surface area contributed by atoms with Crippen molar-refractivity contribution in [1.29, 1.82) is 0 Å². The zero-order valence-electron chi connectivity index (χ0n) is 21.9. The predicted molar refractivity (Wildman–Crippen MR) is 147 cm³/mol. The summed E-state index contributed by atoms with van der Waals surface area (Å²) in [7, 11) is -7.91. The Morgan fingerprint density at radius 1 is 1.23 bits per heavy atom. The first-order valence-electron chi connectivity index (χ1n) is 13.1. The molecule has 14 heteroatoms. The number of amidine groups is 1. The maximum atomic E-state index is 14.3. The van der Waals surface area contributed by atoms with E-state index in [9.17, 15) is 30.8 Å². The van der Waals surface area contributed by atoms with E-state index in [-0.39, 0.29) is 52.0 Å². The highest BCUT2D eigenvalue weighted by Gasteiger charge is 2.68. The molecule has 6 rings (SSSR count). The SMILES string of the molecule is CCC12C3CCC(C3)C1C(=O)C(C1=NS(=O)(=O)c3c(CNS(C)(=O)=O)csc3N1)C(=O)N2Cc1ccc(F)cc1. The average molecular weight is 609 g/mol. The van der Waals surface area contributed by atoms with Crippen molar-refractivity contribution >= 4 is 53.9 Å². The van der Waals surface area contributed by atoms with Crippen LogP contribution in [-0.2, 0) is 42.7 Å². The summed E-state index contributed by atoms with van der Waals surface area (Å²) < 4.78 is 69.7. The summed E-state index contributed by atoms with van der Waals surface area (Å²) in [5, 5.41) is 4.63. The average Bonchev–Trinajstić information content (AvgIpc) is 3.60. The Labute approximate surface area is 236 Å². The summed E-state index contributed by atoms with van der Waals surface area (Å²) in [5.41, 5.74) is 0.249. The lowest BCUT2D eigenvalue weighted by molar-refractivity contribution is -0.164. The zero-order chi connectivity index (χ0) is 28.6. The van der Waals surface area contributed by atoms with Gasteiger partial charge in [0.1, 0.15) is 21.5 Å². The van der Waals surface area contributed by atoms with Gasteiger partial charge in [-0.2, -0.15) is 8.42 Å². The van der Waals surface area contributed by atoms with Gasteiger partial charge in [-0.25, -0.2) is 17.5 Å². The predicted octanol–water partition coefficient (Wildman–Crippen LogP) is 2.87. The number of hydrogen-bond donors (Lipinski definition) is 2. The molecule has 2 bridgehead atoms. The van der Waals surface area contributed by atoms with Crippen LogP contribution in [0.4, 0.5) is 9.39 Å². The van der Waals surface area contributed by atoms with Crippen molar-refractivity contribution in [1.82, 2.24) is 9.62 Å². The maximum Gasteiger partial charge on any atom is 0.287 e. The number of piperidine rings is 1. The Kier molecular flexibility index (Phi) is 6.48. The molecule has 1 amide bonds. The van der Waals surface area contributed by atoms with E-state index in [1.807, 2.05) is 6.92 Å². The largest absolute Gasteiger partial charge is 0.333 e. The number of rotatable bonds is 7. The van der Waals surface area contributed by atoms with Gasteiger partial charge in [0, 0.05) is 24.6 Å². The van der Waals surface area contributed by atoms with Crippen LogP contribution in [0.25, 0.3) is 0 Å². The minimum Gasteiger partial charge on any atom is -0.333 e. The number of fused-ring (bicyclic) bond motifs is 6.